The van der Waals surface area contributed by atoms with Gasteiger partial charge in [0.15, 0.2) is 0 Å². The molecule has 3 rings (SSSR count). The molecule has 0 spiro atoms. The second kappa shape index (κ2) is 10.6. The van der Waals surface area contributed by atoms with Gasteiger partial charge in [0.2, 0.25) is 0 Å². The van der Waals surface area contributed by atoms with E-state index in [9.17, 15) is 4.79 Å². The van der Waals surface area contributed by atoms with Crippen LogP contribution in [-0.4, -0.2) is 18.7 Å². The minimum atomic E-state index is -0.222. The number of halogens is 1. The first-order valence-electron chi connectivity index (χ1n) is 9.19. The van der Waals surface area contributed by atoms with Gasteiger partial charge in [-0.25, -0.2) is 5.43 Å². The number of ether oxygens (including phenoxy) is 1. The topological polar surface area (TPSA) is 62.7 Å². The molecule has 0 aromatic heterocycles. The summed E-state index contributed by atoms with van der Waals surface area (Å²) in [6.07, 6.45) is 1.59. The van der Waals surface area contributed by atoms with Crippen molar-refractivity contribution < 1.29 is 9.53 Å². The summed E-state index contributed by atoms with van der Waals surface area (Å²) in [7, 11) is 0. The molecule has 0 saturated heterocycles. The molecule has 1 amide bonds. The van der Waals surface area contributed by atoms with Crippen LogP contribution in [0.1, 0.15) is 16.7 Å². The fraction of sp³-hybridized carbons (Fsp3) is 0.130. The highest BCUT2D eigenvalue weighted by Crippen LogP contribution is 2.18. The standard InChI is InChI=1S/C23H22IN3O2/c1-17-13-20(11-12-21(17)24)25-15-23(28)27-26-14-19-9-5-6-10-22(19)29-16-18-7-3-2-4-8-18/h2-14,25H,15-16H2,1H3,(H,27,28). The van der Waals surface area contributed by atoms with Crippen LogP contribution < -0.4 is 15.5 Å². The number of hydrogen-bond acceptors (Lipinski definition) is 4. The van der Waals surface area contributed by atoms with Crippen molar-refractivity contribution >= 4 is 40.4 Å². The van der Waals surface area contributed by atoms with E-state index < -0.39 is 0 Å². The Kier molecular flexibility index (Phi) is 7.63. The van der Waals surface area contributed by atoms with E-state index in [1.807, 2.05) is 79.7 Å². The number of aryl methyl sites for hydroxylation is 1. The molecule has 0 aliphatic carbocycles. The number of rotatable bonds is 8. The maximum atomic E-state index is 12.0. The van der Waals surface area contributed by atoms with Gasteiger partial charge in [-0.1, -0.05) is 42.5 Å². The molecule has 3 aromatic rings. The number of hydrogen-bond donors (Lipinski definition) is 2. The third-order valence-corrected chi connectivity index (χ3v) is 5.37. The number of para-hydroxylation sites is 1. The number of amides is 1. The quantitative estimate of drug-likeness (QED) is 0.268. The van der Waals surface area contributed by atoms with Crippen molar-refractivity contribution in [1.82, 2.24) is 5.43 Å². The molecule has 148 valence electrons. The molecule has 0 aliphatic heterocycles. The molecule has 0 aliphatic rings. The number of carbonyl (C=O) groups is 1. The highest BCUT2D eigenvalue weighted by molar-refractivity contribution is 14.1. The second-order valence-electron chi connectivity index (χ2n) is 6.42. The first-order valence-corrected chi connectivity index (χ1v) is 10.3. The van der Waals surface area contributed by atoms with Crippen molar-refractivity contribution in [3.8, 4) is 5.75 Å². The largest absolute Gasteiger partial charge is 0.488 e. The van der Waals surface area contributed by atoms with Crippen LogP contribution in [-0.2, 0) is 11.4 Å². The lowest BCUT2D eigenvalue weighted by atomic mass is 10.2. The average Bonchev–Trinajstić information content (AvgIpc) is 2.74. The summed E-state index contributed by atoms with van der Waals surface area (Å²) in [5.74, 6) is 0.488. The number of anilines is 1. The van der Waals surface area contributed by atoms with Crippen LogP contribution in [0.4, 0.5) is 5.69 Å². The smallest absolute Gasteiger partial charge is 0.259 e. The fourth-order valence-corrected chi connectivity index (χ4v) is 2.94. The van der Waals surface area contributed by atoms with E-state index in [0.717, 1.165) is 16.8 Å². The first-order chi connectivity index (χ1) is 14.1. The van der Waals surface area contributed by atoms with Gasteiger partial charge >= 0.3 is 0 Å². The van der Waals surface area contributed by atoms with Crippen LogP contribution in [0.25, 0.3) is 0 Å². The van der Waals surface area contributed by atoms with Crippen LogP contribution >= 0.6 is 22.6 Å². The number of nitrogens with one attached hydrogen (secondary N) is 2. The molecule has 0 bridgehead atoms. The number of carbonyl (C=O) groups excluding carboxylic acids is 1. The average molecular weight is 499 g/mol. The van der Waals surface area contributed by atoms with Crippen molar-refractivity contribution in [2.24, 2.45) is 5.10 Å². The number of hydrazone groups is 1. The van der Waals surface area contributed by atoms with E-state index in [0.29, 0.717) is 12.4 Å². The zero-order chi connectivity index (χ0) is 20.5. The van der Waals surface area contributed by atoms with E-state index in [1.165, 1.54) is 9.13 Å². The van der Waals surface area contributed by atoms with Gasteiger partial charge in [-0.05, 0) is 71.0 Å². The first kappa shape index (κ1) is 20.9. The van der Waals surface area contributed by atoms with Crippen molar-refractivity contribution in [2.75, 3.05) is 11.9 Å². The summed E-state index contributed by atoms with van der Waals surface area (Å²) in [6.45, 7) is 2.65. The van der Waals surface area contributed by atoms with Crippen LogP contribution in [0.5, 0.6) is 5.75 Å². The summed E-state index contributed by atoms with van der Waals surface area (Å²) in [5.41, 5.74) is 6.50. The molecule has 5 nitrogen and oxygen atoms in total. The molecule has 0 saturated carbocycles. The van der Waals surface area contributed by atoms with Crippen molar-refractivity contribution in [3.05, 3.63) is 93.1 Å². The van der Waals surface area contributed by atoms with Gasteiger partial charge in [-0.15, -0.1) is 0 Å². The Balaban J connectivity index is 1.51. The Morgan fingerprint density at radius 1 is 1.07 bits per heavy atom. The van der Waals surface area contributed by atoms with Gasteiger partial charge in [-0.2, -0.15) is 5.10 Å². The van der Waals surface area contributed by atoms with Crippen molar-refractivity contribution in [1.29, 1.82) is 0 Å². The minimum absolute atomic E-state index is 0.142. The Morgan fingerprint density at radius 2 is 1.83 bits per heavy atom. The molecule has 0 heterocycles. The van der Waals surface area contributed by atoms with Crippen molar-refractivity contribution in [3.63, 3.8) is 0 Å². The summed E-state index contributed by atoms with van der Waals surface area (Å²) in [6, 6.07) is 23.5. The normalized spacial score (nSPS) is 10.7. The minimum Gasteiger partial charge on any atom is -0.488 e. The molecule has 6 heteroatoms. The second-order valence-corrected chi connectivity index (χ2v) is 7.58. The predicted octanol–water partition coefficient (Wildman–Crippen LogP) is 4.74. The maximum absolute atomic E-state index is 12.0. The van der Waals surface area contributed by atoms with E-state index in [4.69, 9.17) is 4.74 Å². The monoisotopic (exact) mass is 499 g/mol. The zero-order valence-corrected chi connectivity index (χ0v) is 18.2. The molecule has 29 heavy (non-hydrogen) atoms. The Morgan fingerprint density at radius 3 is 2.62 bits per heavy atom. The number of nitrogens with zero attached hydrogens (tertiary/aromatic N) is 1. The number of benzene rings is 3. The highest BCUT2D eigenvalue weighted by atomic mass is 127. The Labute approximate surface area is 184 Å². The SMILES string of the molecule is Cc1cc(NCC(=O)NN=Cc2ccccc2OCc2ccccc2)ccc1I. The molecular weight excluding hydrogens is 477 g/mol. The van der Waals surface area contributed by atoms with Crippen LogP contribution in [0.2, 0.25) is 0 Å². The summed E-state index contributed by atoms with van der Waals surface area (Å²) in [4.78, 5) is 12.0. The van der Waals surface area contributed by atoms with Gasteiger partial charge in [0, 0.05) is 14.8 Å². The van der Waals surface area contributed by atoms with Gasteiger partial charge in [0.05, 0.1) is 12.8 Å². The molecule has 0 atom stereocenters. The fourth-order valence-electron chi connectivity index (χ4n) is 2.60. The van der Waals surface area contributed by atoms with E-state index >= 15 is 0 Å². The summed E-state index contributed by atoms with van der Waals surface area (Å²) in [5, 5.41) is 7.15. The van der Waals surface area contributed by atoms with E-state index in [1.54, 1.807) is 6.21 Å². The van der Waals surface area contributed by atoms with E-state index in [2.05, 4.69) is 38.4 Å². The lowest BCUT2D eigenvalue weighted by Crippen LogP contribution is -2.25. The van der Waals surface area contributed by atoms with Gasteiger partial charge < -0.3 is 10.1 Å². The third-order valence-electron chi connectivity index (χ3n) is 4.16. The Hall–Kier alpha value is -2.87. The third kappa shape index (κ3) is 6.60. The van der Waals surface area contributed by atoms with Crippen LogP contribution in [0.3, 0.4) is 0 Å². The summed E-state index contributed by atoms with van der Waals surface area (Å²) >= 11 is 2.28. The molecule has 3 aromatic carbocycles. The molecule has 0 radical (unpaired) electrons. The summed E-state index contributed by atoms with van der Waals surface area (Å²) < 4.78 is 7.08. The molecule has 0 unspecified atom stereocenters. The van der Waals surface area contributed by atoms with Crippen molar-refractivity contribution in [2.45, 2.75) is 13.5 Å². The lowest BCUT2D eigenvalue weighted by molar-refractivity contribution is -0.119. The maximum Gasteiger partial charge on any atom is 0.259 e. The Bertz CT molecular complexity index is 990. The predicted molar refractivity (Wildman–Crippen MR) is 125 cm³/mol. The highest BCUT2D eigenvalue weighted by Gasteiger charge is 2.03. The van der Waals surface area contributed by atoms with Crippen LogP contribution in [0.15, 0.2) is 77.9 Å². The van der Waals surface area contributed by atoms with Gasteiger partial charge in [0.25, 0.3) is 5.91 Å². The van der Waals surface area contributed by atoms with Gasteiger partial charge in [-0.3, -0.25) is 4.79 Å². The molecule has 2 N–H and O–H groups in total. The molecule has 0 fully saturated rings. The zero-order valence-electron chi connectivity index (χ0n) is 16.1. The van der Waals surface area contributed by atoms with Crippen LogP contribution in [0, 0.1) is 10.5 Å². The van der Waals surface area contributed by atoms with Gasteiger partial charge in [0.1, 0.15) is 12.4 Å². The molecular formula is C23H22IN3O2. The lowest BCUT2D eigenvalue weighted by Gasteiger charge is -2.09. The van der Waals surface area contributed by atoms with E-state index in [-0.39, 0.29) is 12.5 Å².